The van der Waals surface area contributed by atoms with Crippen LogP contribution in [0.3, 0.4) is 0 Å². The van der Waals surface area contributed by atoms with Crippen LogP contribution in [0.25, 0.3) is 22.3 Å². The summed E-state index contributed by atoms with van der Waals surface area (Å²) in [5, 5.41) is 0. The van der Waals surface area contributed by atoms with E-state index in [0.29, 0.717) is 6.54 Å². The van der Waals surface area contributed by atoms with Crippen LogP contribution < -0.4 is 5.73 Å². The third kappa shape index (κ3) is 2.49. The zero-order chi connectivity index (χ0) is 13.8. The summed E-state index contributed by atoms with van der Waals surface area (Å²) in [7, 11) is 0. The first-order chi connectivity index (χ1) is 9.88. The monoisotopic (exact) mass is 259 g/mol. The van der Waals surface area contributed by atoms with E-state index in [1.807, 2.05) is 12.1 Å². The lowest BCUT2D eigenvalue weighted by atomic mass is 9.94. The molecule has 2 N–H and O–H groups in total. The maximum absolute atomic E-state index is 5.88. The van der Waals surface area contributed by atoms with Gasteiger partial charge in [0.05, 0.1) is 0 Å². The van der Waals surface area contributed by atoms with Crippen LogP contribution in [-0.2, 0) is 6.54 Å². The van der Waals surface area contributed by atoms with Gasteiger partial charge in [-0.3, -0.25) is 0 Å². The zero-order valence-corrected chi connectivity index (χ0v) is 11.3. The Labute approximate surface area is 119 Å². The minimum atomic E-state index is 0.555. The lowest BCUT2D eigenvalue weighted by Crippen LogP contribution is -1.99. The van der Waals surface area contributed by atoms with Gasteiger partial charge in [-0.05, 0) is 33.9 Å². The molecule has 20 heavy (non-hydrogen) atoms. The Kier molecular flexibility index (Phi) is 3.62. The Hall–Kier alpha value is -2.38. The fraction of sp³-hybridized carbons (Fsp3) is 0.0526. The standard InChI is InChI=1S/C19H17N/c20-14-18-12-11-17(15-7-3-1-4-8-15)13-19(18)16-9-5-2-6-10-16/h1-13H,14,20H2. The molecule has 0 aromatic heterocycles. The Morgan fingerprint density at radius 3 is 1.80 bits per heavy atom. The lowest BCUT2D eigenvalue weighted by Gasteiger charge is -2.11. The quantitative estimate of drug-likeness (QED) is 0.737. The van der Waals surface area contributed by atoms with E-state index in [0.717, 1.165) is 0 Å². The van der Waals surface area contributed by atoms with Gasteiger partial charge < -0.3 is 5.73 Å². The number of benzene rings is 3. The Morgan fingerprint density at radius 1 is 0.600 bits per heavy atom. The Bertz CT molecular complexity index is 687. The fourth-order valence-corrected chi connectivity index (χ4v) is 2.45. The first kappa shape index (κ1) is 12.6. The molecule has 0 aliphatic heterocycles. The maximum atomic E-state index is 5.88. The molecule has 0 aliphatic carbocycles. The van der Waals surface area contributed by atoms with Gasteiger partial charge in [-0.1, -0.05) is 72.8 Å². The number of rotatable bonds is 3. The van der Waals surface area contributed by atoms with Gasteiger partial charge in [-0.25, -0.2) is 0 Å². The summed E-state index contributed by atoms with van der Waals surface area (Å²) in [4.78, 5) is 0. The highest BCUT2D eigenvalue weighted by Gasteiger charge is 2.06. The van der Waals surface area contributed by atoms with Crippen LogP contribution in [0, 0.1) is 0 Å². The van der Waals surface area contributed by atoms with E-state index in [1.165, 1.54) is 27.8 Å². The summed E-state index contributed by atoms with van der Waals surface area (Å²) in [5.74, 6) is 0. The van der Waals surface area contributed by atoms with Crippen molar-refractivity contribution in [3.63, 3.8) is 0 Å². The van der Waals surface area contributed by atoms with Crippen LogP contribution in [-0.4, -0.2) is 0 Å². The van der Waals surface area contributed by atoms with E-state index in [1.54, 1.807) is 0 Å². The first-order valence-electron chi connectivity index (χ1n) is 6.82. The zero-order valence-electron chi connectivity index (χ0n) is 11.3. The molecule has 0 radical (unpaired) electrons. The average molecular weight is 259 g/mol. The summed E-state index contributed by atoms with van der Waals surface area (Å²) in [6.07, 6.45) is 0. The van der Waals surface area contributed by atoms with Crippen molar-refractivity contribution in [1.29, 1.82) is 0 Å². The molecule has 0 bridgehead atoms. The predicted molar refractivity (Wildman–Crippen MR) is 85.2 cm³/mol. The molecule has 0 atom stereocenters. The molecule has 3 aromatic carbocycles. The highest BCUT2D eigenvalue weighted by molar-refractivity contribution is 5.75. The molecular formula is C19H17N. The van der Waals surface area contributed by atoms with Crippen molar-refractivity contribution >= 4 is 0 Å². The van der Waals surface area contributed by atoms with E-state index in [4.69, 9.17) is 5.73 Å². The maximum Gasteiger partial charge on any atom is 0.0184 e. The highest BCUT2D eigenvalue weighted by atomic mass is 14.5. The fourth-order valence-electron chi connectivity index (χ4n) is 2.45. The van der Waals surface area contributed by atoms with Crippen LogP contribution in [0.4, 0.5) is 0 Å². The van der Waals surface area contributed by atoms with E-state index in [-0.39, 0.29) is 0 Å². The molecular weight excluding hydrogens is 242 g/mol. The largest absolute Gasteiger partial charge is 0.326 e. The molecule has 0 saturated carbocycles. The second-order valence-corrected chi connectivity index (χ2v) is 4.81. The summed E-state index contributed by atoms with van der Waals surface area (Å²) in [6.45, 7) is 0.555. The lowest BCUT2D eigenvalue weighted by molar-refractivity contribution is 1.07. The molecule has 0 aliphatic rings. The van der Waals surface area contributed by atoms with Gasteiger partial charge >= 0.3 is 0 Å². The molecule has 3 aromatic rings. The predicted octanol–water partition coefficient (Wildman–Crippen LogP) is 4.48. The van der Waals surface area contributed by atoms with Gasteiger partial charge in [-0.15, -0.1) is 0 Å². The molecule has 98 valence electrons. The summed E-state index contributed by atoms with van der Waals surface area (Å²) < 4.78 is 0. The Balaban J connectivity index is 2.13. The number of nitrogens with two attached hydrogens (primary N) is 1. The minimum absolute atomic E-state index is 0.555. The van der Waals surface area contributed by atoms with Crippen molar-refractivity contribution in [1.82, 2.24) is 0 Å². The van der Waals surface area contributed by atoms with Gasteiger partial charge in [0.15, 0.2) is 0 Å². The molecule has 0 unspecified atom stereocenters. The van der Waals surface area contributed by atoms with Crippen molar-refractivity contribution in [2.45, 2.75) is 6.54 Å². The van der Waals surface area contributed by atoms with Crippen LogP contribution in [0.1, 0.15) is 5.56 Å². The van der Waals surface area contributed by atoms with Crippen LogP contribution >= 0.6 is 0 Å². The summed E-state index contributed by atoms with van der Waals surface area (Å²) in [5.41, 5.74) is 11.9. The second-order valence-electron chi connectivity index (χ2n) is 4.81. The van der Waals surface area contributed by atoms with Gasteiger partial charge in [0, 0.05) is 6.54 Å². The van der Waals surface area contributed by atoms with Gasteiger partial charge in [0.2, 0.25) is 0 Å². The second kappa shape index (κ2) is 5.72. The SMILES string of the molecule is NCc1ccc(-c2ccccc2)cc1-c1ccccc1. The molecule has 0 fully saturated rings. The molecule has 0 amide bonds. The van der Waals surface area contributed by atoms with Crippen LogP contribution in [0.5, 0.6) is 0 Å². The van der Waals surface area contributed by atoms with Gasteiger partial charge in [0.25, 0.3) is 0 Å². The van der Waals surface area contributed by atoms with Crippen LogP contribution in [0.15, 0.2) is 78.9 Å². The van der Waals surface area contributed by atoms with E-state index < -0.39 is 0 Å². The molecule has 0 saturated heterocycles. The van der Waals surface area contributed by atoms with Crippen molar-refractivity contribution in [2.24, 2.45) is 5.73 Å². The Morgan fingerprint density at radius 2 is 1.20 bits per heavy atom. The molecule has 0 spiro atoms. The summed E-state index contributed by atoms with van der Waals surface area (Å²) >= 11 is 0. The topological polar surface area (TPSA) is 26.0 Å². The third-order valence-electron chi connectivity index (χ3n) is 3.52. The number of hydrogen-bond acceptors (Lipinski definition) is 1. The molecule has 3 rings (SSSR count). The van der Waals surface area contributed by atoms with Crippen molar-refractivity contribution in [2.75, 3.05) is 0 Å². The summed E-state index contributed by atoms with van der Waals surface area (Å²) in [6, 6.07) is 27.3. The minimum Gasteiger partial charge on any atom is -0.326 e. The molecule has 0 heterocycles. The van der Waals surface area contributed by atoms with Gasteiger partial charge in [0.1, 0.15) is 0 Å². The third-order valence-corrected chi connectivity index (χ3v) is 3.52. The van der Waals surface area contributed by atoms with E-state index >= 15 is 0 Å². The van der Waals surface area contributed by atoms with Crippen molar-refractivity contribution in [3.8, 4) is 22.3 Å². The smallest absolute Gasteiger partial charge is 0.0184 e. The highest BCUT2D eigenvalue weighted by Crippen LogP contribution is 2.29. The normalized spacial score (nSPS) is 10.4. The number of hydrogen-bond donors (Lipinski definition) is 1. The van der Waals surface area contributed by atoms with E-state index in [2.05, 4.69) is 66.7 Å². The molecule has 1 nitrogen and oxygen atoms in total. The van der Waals surface area contributed by atoms with Crippen molar-refractivity contribution < 1.29 is 0 Å². The van der Waals surface area contributed by atoms with Gasteiger partial charge in [-0.2, -0.15) is 0 Å². The average Bonchev–Trinajstić information content (AvgIpc) is 2.56. The first-order valence-corrected chi connectivity index (χ1v) is 6.82. The molecule has 1 heteroatoms. The van der Waals surface area contributed by atoms with Crippen LogP contribution in [0.2, 0.25) is 0 Å². The van der Waals surface area contributed by atoms with Crippen molar-refractivity contribution in [3.05, 3.63) is 84.4 Å². The van der Waals surface area contributed by atoms with E-state index in [9.17, 15) is 0 Å².